The summed E-state index contributed by atoms with van der Waals surface area (Å²) in [5, 5.41) is 4.37. The summed E-state index contributed by atoms with van der Waals surface area (Å²) in [6.45, 7) is 1.07. The van der Waals surface area contributed by atoms with Crippen molar-refractivity contribution in [1.29, 1.82) is 0 Å². The largest absolute Gasteiger partial charge is 0.300 e. The zero-order chi connectivity index (χ0) is 14.2. The number of rotatable bonds is 2. The SMILES string of the molecule is FC1(F)CCN(C2CCCC(n3cc(Br)cn3)C2)CC1. The van der Waals surface area contributed by atoms with Crippen molar-refractivity contribution in [2.75, 3.05) is 13.1 Å². The standard InChI is InChI=1S/C14H20BrF2N3/c15-11-9-18-20(10-11)13-3-1-2-12(8-13)19-6-4-14(16,17)5-7-19/h9-10,12-13H,1-8H2. The summed E-state index contributed by atoms with van der Waals surface area (Å²) in [5.41, 5.74) is 0. The number of hydrogen-bond donors (Lipinski definition) is 0. The van der Waals surface area contributed by atoms with Crippen LogP contribution >= 0.6 is 15.9 Å². The van der Waals surface area contributed by atoms with Crippen molar-refractivity contribution < 1.29 is 8.78 Å². The Hall–Kier alpha value is -0.490. The highest BCUT2D eigenvalue weighted by atomic mass is 79.9. The van der Waals surface area contributed by atoms with Crippen LogP contribution in [0.4, 0.5) is 8.78 Å². The fourth-order valence-electron chi connectivity index (χ4n) is 3.44. The second kappa shape index (κ2) is 5.72. The lowest BCUT2D eigenvalue weighted by Gasteiger charge is -2.41. The van der Waals surface area contributed by atoms with Crippen LogP contribution in [0.15, 0.2) is 16.9 Å². The Morgan fingerprint density at radius 2 is 1.90 bits per heavy atom. The maximum absolute atomic E-state index is 13.2. The Morgan fingerprint density at radius 1 is 1.20 bits per heavy atom. The van der Waals surface area contributed by atoms with E-state index in [4.69, 9.17) is 0 Å². The van der Waals surface area contributed by atoms with Gasteiger partial charge in [0, 0.05) is 38.2 Å². The lowest BCUT2D eigenvalue weighted by atomic mass is 9.88. The lowest BCUT2D eigenvalue weighted by Crippen LogP contribution is -2.46. The molecule has 1 aromatic heterocycles. The minimum Gasteiger partial charge on any atom is -0.300 e. The Kier molecular flexibility index (Phi) is 4.13. The molecule has 0 bridgehead atoms. The van der Waals surface area contributed by atoms with E-state index in [1.54, 1.807) is 0 Å². The van der Waals surface area contributed by atoms with Gasteiger partial charge in [-0.25, -0.2) is 8.78 Å². The molecule has 1 saturated heterocycles. The molecule has 1 aliphatic carbocycles. The molecule has 2 aliphatic rings. The number of halogens is 3. The molecular weight excluding hydrogens is 328 g/mol. The quantitative estimate of drug-likeness (QED) is 0.809. The number of aromatic nitrogens is 2. The molecule has 20 heavy (non-hydrogen) atoms. The molecule has 2 unspecified atom stereocenters. The first-order valence-corrected chi connectivity index (χ1v) is 8.14. The molecule has 0 spiro atoms. The Labute approximate surface area is 126 Å². The van der Waals surface area contributed by atoms with Gasteiger partial charge in [0.15, 0.2) is 0 Å². The molecule has 2 fully saturated rings. The van der Waals surface area contributed by atoms with Crippen molar-refractivity contribution in [1.82, 2.24) is 14.7 Å². The minimum atomic E-state index is -2.45. The second-order valence-corrected chi connectivity index (χ2v) is 6.92. The van der Waals surface area contributed by atoms with E-state index in [9.17, 15) is 8.78 Å². The monoisotopic (exact) mass is 347 g/mol. The van der Waals surface area contributed by atoms with E-state index in [0.29, 0.717) is 25.2 Å². The summed E-state index contributed by atoms with van der Waals surface area (Å²) in [6, 6.07) is 0.843. The molecule has 2 atom stereocenters. The predicted octanol–water partition coefficient (Wildman–Crippen LogP) is 3.86. The van der Waals surface area contributed by atoms with Gasteiger partial charge in [0.1, 0.15) is 0 Å². The molecule has 3 rings (SSSR count). The molecule has 112 valence electrons. The van der Waals surface area contributed by atoms with Crippen LogP contribution in [0, 0.1) is 0 Å². The third kappa shape index (κ3) is 3.22. The second-order valence-electron chi connectivity index (χ2n) is 6.00. The van der Waals surface area contributed by atoms with Gasteiger partial charge in [-0.2, -0.15) is 5.10 Å². The van der Waals surface area contributed by atoms with Crippen LogP contribution in [0.3, 0.4) is 0 Å². The number of hydrogen-bond acceptors (Lipinski definition) is 2. The van der Waals surface area contributed by atoms with Crippen molar-refractivity contribution >= 4 is 15.9 Å². The third-order valence-corrected chi connectivity index (χ3v) is 5.02. The maximum atomic E-state index is 13.2. The maximum Gasteiger partial charge on any atom is 0.250 e. The smallest absolute Gasteiger partial charge is 0.250 e. The predicted molar refractivity (Wildman–Crippen MR) is 77.0 cm³/mol. The van der Waals surface area contributed by atoms with Gasteiger partial charge in [0.2, 0.25) is 0 Å². The first kappa shape index (κ1) is 14.4. The van der Waals surface area contributed by atoms with Crippen LogP contribution in [0.5, 0.6) is 0 Å². The third-order valence-electron chi connectivity index (χ3n) is 4.61. The van der Waals surface area contributed by atoms with E-state index in [1.165, 1.54) is 0 Å². The van der Waals surface area contributed by atoms with Gasteiger partial charge in [-0.05, 0) is 41.6 Å². The normalized spacial score (nSPS) is 31.4. The van der Waals surface area contributed by atoms with E-state index in [2.05, 4.69) is 25.9 Å². The summed E-state index contributed by atoms with van der Waals surface area (Å²) >= 11 is 3.43. The Balaban J connectivity index is 1.61. The van der Waals surface area contributed by atoms with Crippen LogP contribution in [0.1, 0.15) is 44.6 Å². The van der Waals surface area contributed by atoms with Crippen molar-refractivity contribution in [2.24, 2.45) is 0 Å². The summed E-state index contributed by atoms with van der Waals surface area (Å²) in [7, 11) is 0. The molecule has 0 radical (unpaired) electrons. The molecule has 2 heterocycles. The fraction of sp³-hybridized carbons (Fsp3) is 0.786. The molecule has 3 nitrogen and oxygen atoms in total. The molecule has 1 aliphatic heterocycles. The van der Waals surface area contributed by atoms with E-state index < -0.39 is 5.92 Å². The molecule has 6 heteroatoms. The summed E-state index contributed by atoms with van der Waals surface area (Å²) in [6.07, 6.45) is 8.30. The molecule has 0 N–H and O–H groups in total. The summed E-state index contributed by atoms with van der Waals surface area (Å²) in [4.78, 5) is 2.27. The van der Waals surface area contributed by atoms with Gasteiger partial charge in [0.25, 0.3) is 5.92 Å². The van der Waals surface area contributed by atoms with E-state index in [0.717, 1.165) is 30.2 Å². The zero-order valence-corrected chi connectivity index (χ0v) is 13.0. The van der Waals surface area contributed by atoms with Gasteiger partial charge in [-0.15, -0.1) is 0 Å². The Bertz CT molecular complexity index is 453. The average molecular weight is 348 g/mol. The van der Waals surface area contributed by atoms with Crippen LogP contribution in [-0.4, -0.2) is 39.7 Å². The van der Waals surface area contributed by atoms with E-state index in [-0.39, 0.29) is 12.8 Å². The van der Waals surface area contributed by atoms with Gasteiger partial charge in [-0.3, -0.25) is 9.58 Å². The molecule has 1 saturated carbocycles. The van der Waals surface area contributed by atoms with Crippen molar-refractivity contribution in [3.63, 3.8) is 0 Å². The first-order valence-electron chi connectivity index (χ1n) is 7.35. The highest BCUT2D eigenvalue weighted by Gasteiger charge is 2.37. The number of nitrogens with zero attached hydrogens (tertiary/aromatic N) is 3. The highest BCUT2D eigenvalue weighted by Crippen LogP contribution is 2.35. The van der Waals surface area contributed by atoms with Crippen LogP contribution < -0.4 is 0 Å². The molecule has 0 amide bonds. The van der Waals surface area contributed by atoms with Crippen molar-refractivity contribution in [2.45, 2.75) is 56.5 Å². The number of alkyl halides is 2. The van der Waals surface area contributed by atoms with Gasteiger partial charge >= 0.3 is 0 Å². The summed E-state index contributed by atoms with van der Waals surface area (Å²) < 4.78 is 29.5. The molecular formula is C14H20BrF2N3. The topological polar surface area (TPSA) is 21.1 Å². The fourth-order valence-corrected chi connectivity index (χ4v) is 3.74. The molecule has 1 aromatic rings. The van der Waals surface area contributed by atoms with Crippen LogP contribution in [0.25, 0.3) is 0 Å². The van der Waals surface area contributed by atoms with Gasteiger partial charge in [-0.1, -0.05) is 0 Å². The van der Waals surface area contributed by atoms with Crippen molar-refractivity contribution in [3.05, 3.63) is 16.9 Å². The minimum absolute atomic E-state index is 0.0154. The molecule has 0 aromatic carbocycles. The highest BCUT2D eigenvalue weighted by molar-refractivity contribution is 9.10. The number of likely N-dealkylation sites (tertiary alicyclic amines) is 1. The van der Waals surface area contributed by atoms with Crippen LogP contribution in [-0.2, 0) is 0 Å². The number of piperidine rings is 1. The first-order chi connectivity index (χ1) is 9.53. The van der Waals surface area contributed by atoms with Gasteiger partial charge in [0.05, 0.1) is 16.7 Å². The van der Waals surface area contributed by atoms with E-state index >= 15 is 0 Å². The van der Waals surface area contributed by atoms with Crippen molar-refractivity contribution in [3.8, 4) is 0 Å². The lowest BCUT2D eigenvalue weighted by molar-refractivity contribution is -0.0671. The zero-order valence-electron chi connectivity index (χ0n) is 11.4. The summed E-state index contributed by atoms with van der Waals surface area (Å²) in [5.74, 6) is -2.45. The van der Waals surface area contributed by atoms with Crippen LogP contribution in [0.2, 0.25) is 0 Å². The Morgan fingerprint density at radius 3 is 2.55 bits per heavy atom. The van der Waals surface area contributed by atoms with E-state index in [1.807, 2.05) is 17.1 Å². The average Bonchev–Trinajstić information content (AvgIpc) is 2.86. The van der Waals surface area contributed by atoms with Gasteiger partial charge < -0.3 is 0 Å².